The minimum absolute atomic E-state index is 0.166. The molecule has 0 unspecified atom stereocenters. The van der Waals surface area contributed by atoms with E-state index in [1.165, 1.54) is 17.0 Å². The number of alkyl halides is 3. The molecule has 0 radical (unpaired) electrons. The van der Waals surface area contributed by atoms with E-state index < -0.39 is 19.8 Å². The summed E-state index contributed by atoms with van der Waals surface area (Å²) in [6, 6.07) is 5.95. The molecule has 0 heterocycles. The molecule has 0 aliphatic carbocycles. The van der Waals surface area contributed by atoms with E-state index in [-0.39, 0.29) is 12.6 Å². The molecule has 1 rings (SSSR count). The fourth-order valence-electron chi connectivity index (χ4n) is 1.68. The molecule has 1 aromatic rings. The fraction of sp³-hybridized carbons (Fsp3) is 0.500. The number of rotatable bonds is 5. The van der Waals surface area contributed by atoms with Gasteiger partial charge in [-0.15, -0.1) is 0 Å². The van der Waals surface area contributed by atoms with Crippen molar-refractivity contribution in [3.8, 4) is 0 Å². The van der Waals surface area contributed by atoms with Crippen LogP contribution in [0.15, 0.2) is 24.3 Å². The predicted octanol–water partition coefficient (Wildman–Crippen LogP) is 1.14. The Morgan fingerprint density at radius 1 is 1.16 bits per heavy atom. The quantitative estimate of drug-likeness (QED) is 0.792. The second-order valence-corrected chi connectivity index (χ2v) is 4.73. The van der Waals surface area contributed by atoms with Gasteiger partial charge in [0.05, 0.1) is 6.54 Å². The van der Waals surface area contributed by atoms with Crippen LogP contribution in [-0.4, -0.2) is 40.8 Å². The highest BCUT2D eigenvalue weighted by molar-refractivity contribution is 6.58. The van der Waals surface area contributed by atoms with Crippen LogP contribution in [0.2, 0.25) is 0 Å². The van der Waals surface area contributed by atoms with Gasteiger partial charge in [0.25, 0.3) is 0 Å². The van der Waals surface area contributed by atoms with Crippen LogP contribution in [0.4, 0.5) is 13.2 Å². The number of hydrogen-bond donors (Lipinski definition) is 2. The zero-order chi connectivity index (χ0) is 14.6. The fourth-order valence-corrected chi connectivity index (χ4v) is 1.68. The summed E-state index contributed by atoms with van der Waals surface area (Å²) in [6.07, 6.45) is -4.23. The molecule has 0 amide bonds. The van der Waals surface area contributed by atoms with Gasteiger partial charge in [-0.25, -0.2) is 0 Å². The van der Waals surface area contributed by atoms with Crippen molar-refractivity contribution in [3.05, 3.63) is 29.8 Å². The first kappa shape index (κ1) is 16.0. The van der Waals surface area contributed by atoms with Gasteiger partial charge in [-0.1, -0.05) is 24.3 Å². The lowest BCUT2D eigenvalue weighted by molar-refractivity contribution is -0.150. The zero-order valence-electron chi connectivity index (χ0n) is 10.9. The number of nitrogens with zero attached hydrogens (tertiary/aromatic N) is 1. The lowest BCUT2D eigenvalue weighted by Gasteiger charge is -2.27. The van der Waals surface area contributed by atoms with E-state index in [0.717, 1.165) is 0 Å². The lowest BCUT2D eigenvalue weighted by atomic mass is 9.80. The van der Waals surface area contributed by atoms with Crippen molar-refractivity contribution in [2.45, 2.75) is 32.6 Å². The highest BCUT2D eigenvalue weighted by atomic mass is 19.4. The third kappa shape index (κ3) is 5.63. The molecule has 0 aliphatic heterocycles. The highest BCUT2D eigenvalue weighted by Gasteiger charge is 2.31. The average molecular weight is 275 g/mol. The summed E-state index contributed by atoms with van der Waals surface area (Å²) in [7, 11) is -1.56. The zero-order valence-corrected chi connectivity index (χ0v) is 10.9. The van der Waals surface area contributed by atoms with Crippen LogP contribution in [0, 0.1) is 0 Å². The van der Waals surface area contributed by atoms with Crippen molar-refractivity contribution in [2.24, 2.45) is 0 Å². The first-order valence-electron chi connectivity index (χ1n) is 5.95. The van der Waals surface area contributed by atoms with Gasteiger partial charge >= 0.3 is 13.3 Å². The first-order valence-corrected chi connectivity index (χ1v) is 5.95. The van der Waals surface area contributed by atoms with E-state index in [2.05, 4.69) is 0 Å². The lowest BCUT2D eigenvalue weighted by Crippen LogP contribution is -2.38. The Labute approximate surface area is 110 Å². The van der Waals surface area contributed by atoms with Crippen LogP contribution in [0.1, 0.15) is 19.4 Å². The van der Waals surface area contributed by atoms with Gasteiger partial charge in [0.2, 0.25) is 0 Å². The second kappa shape index (κ2) is 6.41. The Bertz CT molecular complexity index is 393. The first-order chi connectivity index (χ1) is 8.69. The van der Waals surface area contributed by atoms with Crippen LogP contribution >= 0.6 is 0 Å². The number of halogens is 3. The Balaban J connectivity index is 2.74. The van der Waals surface area contributed by atoms with Gasteiger partial charge in [-0.05, 0) is 24.9 Å². The van der Waals surface area contributed by atoms with Crippen LogP contribution in [-0.2, 0) is 6.54 Å². The summed E-state index contributed by atoms with van der Waals surface area (Å²) in [5.41, 5.74) is 1.01. The van der Waals surface area contributed by atoms with Gasteiger partial charge < -0.3 is 10.0 Å². The largest absolute Gasteiger partial charge is 0.488 e. The molecule has 0 saturated carbocycles. The molecule has 0 bridgehead atoms. The summed E-state index contributed by atoms with van der Waals surface area (Å²) < 4.78 is 37.3. The molecule has 0 spiro atoms. The van der Waals surface area contributed by atoms with Crippen molar-refractivity contribution in [2.75, 3.05) is 6.54 Å². The van der Waals surface area contributed by atoms with Gasteiger partial charge in [0.15, 0.2) is 0 Å². The third-order valence-corrected chi connectivity index (χ3v) is 2.78. The third-order valence-electron chi connectivity index (χ3n) is 2.78. The maximum absolute atomic E-state index is 12.4. The Morgan fingerprint density at radius 3 is 2.05 bits per heavy atom. The summed E-state index contributed by atoms with van der Waals surface area (Å²) >= 11 is 0. The van der Waals surface area contributed by atoms with Crippen molar-refractivity contribution in [1.82, 2.24) is 4.90 Å². The van der Waals surface area contributed by atoms with Crippen molar-refractivity contribution < 1.29 is 23.2 Å². The van der Waals surface area contributed by atoms with Crippen LogP contribution in [0.25, 0.3) is 0 Å². The maximum atomic E-state index is 12.4. The normalized spacial score (nSPS) is 12.3. The van der Waals surface area contributed by atoms with E-state index >= 15 is 0 Å². The van der Waals surface area contributed by atoms with E-state index in [1.807, 2.05) is 0 Å². The highest BCUT2D eigenvalue weighted by Crippen LogP contribution is 2.19. The molecule has 0 saturated heterocycles. The smallest absolute Gasteiger partial charge is 0.423 e. The van der Waals surface area contributed by atoms with Crippen LogP contribution in [0.5, 0.6) is 0 Å². The van der Waals surface area contributed by atoms with Crippen molar-refractivity contribution >= 4 is 12.6 Å². The summed E-state index contributed by atoms with van der Waals surface area (Å²) in [4.78, 5) is 1.31. The van der Waals surface area contributed by atoms with E-state index in [1.54, 1.807) is 26.0 Å². The molecule has 0 aromatic heterocycles. The van der Waals surface area contributed by atoms with Crippen LogP contribution < -0.4 is 5.46 Å². The van der Waals surface area contributed by atoms with E-state index in [0.29, 0.717) is 11.0 Å². The molecule has 106 valence electrons. The van der Waals surface area contributed by atoms with E-state index in [9.17, 15) is 13.2 Å². The van der Waals surface area contributed by atoms with E-state index in [4.69, 9.17) is 10.0 Å². The predicted molar refractivity (Wildman–Crippen MR) is 67.9 cm³/mol. The average Bonchev–Trinajstić information content (AvgIpc) is 2.27. The second-order valence-electron chi connectivity index (χ2n) is 4.73. The topological polar surface area (TPSA) is 43.7 Å². The minimum atomic E-state index is -4.23. The van der Waals surface area contributed by atoms with Crippen LogP contribution in [0.3, 0.4) is 0 Å². The molecule has 7 heteroatoms. The number of benzene rings is 1. The molecule has 0 atom stereocenters. The summed E-state index contributed by atoms with van der Waals surface area (Å²) in [6.45, 7) is 2.61. The minimum Gasteiger partial charge on any atom is -0.423 e. The molecule has 19 heavy (non-hydrogen) atoms. The van der Waals surface area contributed by atoms with Gasteiger partial charge in [0, 0.05) is 12.6 Å². The molecule has 1 aromatic carbocycles. The van der Waals surface area contributed by atoms with Crippen molar-refractivity contribution in [1.29, 1.82) is 0 Å². The van der Waals surface area contributed by atoms with Gasteiger partial charge in [-0.2, -0.15) is 13.2 Å². The summed E-state index contributed by atoms with van der Waals surface area (Å²) in [5.74, 6) is 0. The molecule has 0 fully saturated rings. The monoisotopic (exact) mass is 275 g/mol. The molecule has 3 nitrogen and oxygen atoms in total. The Kier molecular flexibility index (Phi) is 5.40. The number of hydrogen-bond acceptors (Lipinski definition) is 3. The Hall–Kier alpha value is -1.05. The summed E-state index contributed by atoms with van der Waals surface area (Å²) in [5, 5.41) is 17.9. The molecule has 0 aliphatic rings. The van der Waals surface area contributed by atoms with Crippen molar-refractivity contribution in [3.63, 3.8) is 0 Å². The Morgan fingerprint density at radius 2 is 1.68 bits per heavy atom. The standard InChI is InChI=1S/C12H17BF3NO2/c1-9(2)17(8-12(14,15)16)7-10-3-5-11(6-4-10)13(18)19/h3-6,9,18-19H,7-8H2,1-2H3. The molecular weight excluding hydrogens is 258 g/mol. The molecular formula is C12H17BF3NO2. The SMILES string of the molecule is CC(C)N(Cc1ccc(B(O)O)cc1)CC(F)(F)F. The maximum Gasteiger partial charge on any atom is 0.488 e. The van der Waals surface area contributed by atoms with Gasteiger partial charge in [-0.3, -0.25) is 4.90 Å². The van der Waals surface area contributed by atoms with Gasteiger partial charge in [0.1, 0.15) is 0 Å². The molecule has 2 N–H and O–H groups in total.